The van der Waals surface area contributed by atoms with E-state index < -0.39 is 15.5 Å². The van der Waals surface area contributed by atoms with Crippen LogP contribution in [0.5, 0.6) is 0 Å². The first-order valence-electron chi connectivity index (χ1n) is 4.30. The average Bonchev–Trinajstić information content (AvgIpc) is 2.25. The molecule has 9 heteroatoms. The first kappa shape index (κ1) is 12.8. The summed E-state index contributed by atoms with van der Waals surface area (Å²) < 4.78 is 0. The zero-order valence-electron chi connectivity index (χ0n) is 8.58. The number of non-ortho nitro benzene ring substituents is 1. The van der Waals surface area contributed by atoms with Crippen LogP contribution in [0.25, 0.3) is 0 Å². The molecular weight excluding hydrogens is 252 g/mol. The molecule has 0 saturated heterocycles. The van der Waals surface area contributed by atoms with E-state index in [-0.39, 0.29) is 16.5 Å². The summed E-state index contributed by atoms with van der Waals surface area (Å²) in [6.07, 6.45) is 0. The van der Waals surface area contributed by atoms with Gasteiger partial charge in [-0.15, -0.1) is 0 Å². The molecule has 17 heavy (non-hydrogen) atoms. The first-order valence-corrected chi connectivity index (χ1v) is 4.68. The second kappa shape index (κ2) is 5.21. The van der Waals surface area contributed by atoms with E-state index in [4.69, 9.17) is 11.6 Å². The first-order chi connectivity index (χ1) is 7.91. The van der Waals surface area contributed by atoms with Gasteiger partial charge in [0.1, 0.15) is 10.9 Å². The van der Waals surface area contributed by atoms with Gasteiger partial charge < -0.3 is 0 Å². The Balaban J connectivity index is 3.18. The highest BCUT2D eigenvalue weighted by Gasteiger charge is 2.19. The lowest BCUT2D eigenvalue weighted by Gasteiger charge is -2.01. The third kappa shape index (κ3) is 3.38. The Morgan fingerprint density at radius 2 is 2.00 bits per heavy atom. The summed E-state index contributed by atoms with van der Waals surface area (Å²) in [6, 6.07) is 3.18. The van der Waals surface area contributed by atoms with Crippen LogP contribution in [-0.4, -0.2) is 15.0 Å². The lowest BCUT2D eigenvalue weighted by atomic mass is 10.2. The molecular formula is C8H7ClN4O4. The summed E-state index contributed by atoms with van der Waals surface area (Å²) in [5, 5.41) is 24.9. The Morgan fingerprint density at radius 3 is 2.47 bits per heavy atom. The SMILES string of the molecule is C/C(Cl)=N/Nc1ccc([N+](=O)[O-])cc1[N+](=O)[O-]. The molecule has 0 heterocycles. The molecule has 0 aliphatic rings. The summed E-state index contributed by atoms with van der Waals surface area (Å²) in [5.41, 5.74) is 1.57. The number of rotatable bonds is 4. The number of halogens is 1. The number of hydrazone groups is 1. The van der Waals surface area contributed by atoms with Crippen molar-refractivity contribution in [3.05, 3.63) is 38.4 Å². The number of hydrogen-bond donors (Lipinski definition) is 1. The molecule has 0 bridgehead atoms. The van der Waals surface area contributed by atoms with Crippen LogP contribution in [0.15, 0.2) is 23.3 Å². The topological polar surface area (TPSA) is 111 Å². The molecule has 0 spiro atoms. The molecule has 0 amide bonds. The van der Waals surface area contributed by atoms with Gasteiger partial charge in [0.15, 0.2) is 0 Å². The molecule has 1 aromatic carbocycles. The van der Waals surface area contributed by atoms with Gasteiger partial charge in [0.2, 0.25) is 0 Å². The number of anilines is 1. The smallest absolute Gasteiger partial charge is 0.271 e. The maximum atomic E-state index is 10.7. The fourth-order valence-corrected chi connectivity index (χ4v) is 1.06. The Hall–Kier alpha value is -2.22. The van der Waals surface area contributed by atoms with Crippen molar-refractivity contribution in [2.75, 3.05) is 5.43 Å². The van der Waals surface area contributed by atoms with Gasteiger partial charge in [-0.25, -0.2) is 0 Å². The molecule has 0 fully saturated rings. The minimum atomic E-state index is -0.742. The number of nitrogens with zero attached hydrogens (tertiary/aromatic N) is 3. The predicted octanol–water partition coefficient (Wildman–Crippen LogP) is 2.49. The Bertz CT molecular complexity index is 498. The molecule has 1 rings (SSSR count). The maximum Gasteiger partial charge on any atom is 0.301 e. The van der Waals surface area contributed by atoms with Gasteiger partial charge in [0, 0.05) is 6.07 Å². The molecule has 0 saturated carbocycles. The minimum absolute atomic E-state index is 0.0283. The highest BCUT2D eigenvalue weighted by molar-refractivity contribution is 6.64. The van der Waals surface area contributed by atoms with Crippen LogP contribution in [0.4, 0.5) is 17.1 Å². The highest BCUT2D eigenvalue weighted by Crippen LogP contribution is 2.28. The van der Waals surface area contributed by atoms with Gasteiger partial charge in [-0.3, -0.25) is 25.7 Å². The third-order valence-electron chi connectivity index (χ3n) is 1.72. The van der Waals surface area contributed by atoms with Crippen molar-refractivity contribution in [1.82, 2.24) is 0 Å². The second-order valence-corrected chi connectivity index (χ2v) is 3.48. The van der Waals surface area contributed by atoms with Gasteiger partial charge in [0.25, 0.3) is 5.69 Å². The van der Waals surface area contributed by atoms with Gasteiger partial charge >= 0.3 is 5.69 Å². The van der Waals surface area contributed by atoms with E-state index in [2.05, 4.69) is 10.5 Å². The standard InChI is InChI=1S/C8H7ClN4O4/c1-5(9)10-11-7-3-2-6(12(14)15)4-8(7)13(16)17/h2-4,11H,1H3/b10-5-. The Labute approximate surface area is 100 Å². The molecule has 1 aromatic rings. The maximum absolute atomic E-state index is 10.7. The van der Waals surface area contributed by atoms with Crippen molar-refractivity contribution < 1.29 is 9.85 Å². The molecule has 0 aliphatic heterocycles. The minimum Gasteiger partial charge on any atom is -0.271 e. The summed E-state index contributed by atoms with van der Waals surface area (Å²) >= 11 is 5.45. The number of nitrogens with one attached hydrogen (secondary N) is 1. The van der Waals surface area contributed by atoms with Crippen molar-refractivity contribution in [1.29, 1.82) is 0 Å². The van der Waals surface area contributed by atoms with Gasteiger partial charge in [0.05, 0.1) is 15.9 Å². The lowest BCUT2D eigenvalue weighted by molar-refractivity contribution is -0.393. The molecule has 0 aromatic heterocycles. The van der Waals surface area contributed by atoms with Crippen LogP contribution >= 0.6 is 11.6 Å². The monoisotopic (exact) mass is 258 g/mol. The van der Waals surface area contributed by atoms with E-state index >= 15 is 0 Å². The predicted molar refractivity (Wildman–Crippen MR) is 62.3 cm³/mol. The van der Waals surface area contributed by atoms with Gasteiger partial charge in [-0.2, -0.15) is 5.10 Å². The van der Waals surface area contributed by atoms with E-state index in [0.29, 0.717) is 0 Å². The fraction of sp³-hybridized carbons (Fsp3) is 0.125. The van der Waals surface area contributed by atoms with E-state index in [0.717, 1.165) is 12.1 Å². The van der Waals surface area contributed by atoms with E-state index in [9.17, 15) is 20.2 Å². The molecule has 8 nitrogen and oxygen atoms in total. The summed E-state index contributed by atoms with van der Waals surface area (Å²) in [5.74, 6) is 0. The normalized spacial score (nSPS) is 11.1. The molecule has 1 N–H and O–H groups in total. The summed E-state index contributed by atoms with van der Waals surface area (Å²) in [4.78, 5) is 19.7. The largest absolute Gasteiger partial charge is 0.301 e. The van der Waals surface area contributed by atoms with E-state index in [1.165, 1.54) is 13.0 Å². The van der Waals surface area contributed by atoms with Crippen molar-refractivity contribution in [3.8, 4) is 0 Å². The number of nitro groups is 2. The van der Waals surface area contributed by atoms with Crippen LogP contribution in [0.1, 0.15) is 6.92 Å². The Kier molecular flexibility index (Phi) is 3.94. The van der Waals surface area contributed by atoms with Crippen LogP contribution in [0.3, 0.4) is 0 Å². The van der Waals surface area contributed by atoms with E-state index in [1.807, 2.05) is 0 Å². The molecule has 0 atom stereocenters. The van der Waals surface area contributed by atoms with Crippen LogP contribution < -0.4 is 5.43 Å². The van der Waals surface area contributed by atoms with Crippen molar-refractivity contribution in [2.24, 2.45) is 5.10 Å². The zero-order valence-corrected chi connectivity index (χ0v) is 9.34. The summed E-state index contributed by atoms with van der Waals surface area (Å²) in [7, 11) is 0. The van der Waals surface area contributed by atoms with Crippen molar-refractivity contribution in [2.45, 2.75) is 6.92 Å². The van der Waals surface area contributed by atoms with Crippen molar-refractivity contribution >= 4 is 33.8 Å². The molecule has 0 unspecified atom stereocenters. The fourth-order valence-electron chi connectivity index (χ4n) is 1.02. The zero-order chi connectivity index (χ0) is 13.0. The van der Waals surface area contributed by atoms with Crippen LogP contribution in [0, 0.1) is 20.2 Å². The molecule has 0 radical (unpaired) electrons. The van der Waals surface area contributed by atoms with E-state index in [1.54, 1.807) is 0 Å². The Morgan fingerprint density at radius 1 is 1.35 bits per heavy atom. The number of hydrogen-bond acceptors (Lipinski definition) is 6. The van der Waals surface area contributed by atoms with Crippen LogP contribution in [0.2, 0.25) is 0 Å². The third-order valence-corrected chi connectivity index (χ3v) is 1.80. The van der Waals surface area contributed by atoms with Crippen LogP contribution in [-0.2, 0) is 0 Å². The van der Waals surface area contributed by atoms with Gasteiger partial charge in [-0.05, 0) is 13.0 Å². The highest BCUT2D eigenvalue weighted by atomic mass is 35.5. The number of nitro benzene ring substituents is 2. The van der Waals surface area contributed by atoms with Crippen molar-refractivity contribution in [3.63, 3.8) is 0 Å². The van der Waals surface area contributed by atoms with Gasteiger partial charge in [-0.1, -0.05) is 11.6 Å². The number of benzene rings is 1. The average molecular weight is 259 g/mol. The molecule has 90 valence electrons. The molecule has 0 aliphatic carbocycles. The quantitative estimate of drug-likeness (QED) is 0.507. The lowest BCUT2D eigenvalue weighted by Crippen LogP contribution is -1.99. The second-order valence-electron chi connectivity index (χ2n) is 2.94. The summed E-state index contributed by atoms with van der Waals surface area (Å²) in [6.45, 7) is 1.48.